The molecule has 2 heteroatoms. The molecule has 1 atom stereocenters. The van der Waals surface area contributed by atoms with Gasteiger partial charge < -0.3 is 5.73 Å². The molecule has 1 aromatic rings. The Morgan fingerprint density at radius 3 is 2.75 bits per heavy atom. The Labute approximate surface area is 95.8 Å². The van der Waals surface area contributed by atoms with E-state index in [1.54, 1.807) is 12.1 Å². The highest BCUT2D eigenvalue weighted by Gasteiger charge is 2.44. The lowest BCUT2D eigenvalue weighted by atomic mass is 9.80. The fraction of sp³-hybridized carbons (Fsp3) is 0.571. The zero-order chi connectivity index (χ0) is 11.2. The molecule has 86 valence electrons. The Morgan fingerprint density at radius 2 is 2.06 bits per heavy atom. The van der Waals surface area contributed by atoms with Crippen LogP contribution in [0, 0.1) is 5.82 Å². The van der Waals surface area contributed by atoms with E-state index in [4.69, 9.17) is 5.73 Å². The van der Waals surface area contributed by atoms with Crippen molar-refractivity contribution in [3.63, 3.8) is 0 Å². The molecule has 0 bridgehead atoms. The predicted octanol–water partition coefficient (Wildman–Crippen LogP) is 3.08. The van der Waals surface area contributed by atoms with E-state index >= 15 is 0 Å². The third kappa shape index (κ3) is 1.32. The van der Waals surface area contributed by atoms with Crippen LogP contribution in [0.2, 0.25) is 0 Å². The van der Waals surface area contributed by atoms with Crippen molar-refractivity contribution < 1.29 is 4.39 Å². The van der Waals surface area contributed by atoms with Crippen LogP contribution < -0.4 is 5.73 Å². The third-order valence-electron chi connectivity index (χ3n) is 4.51. The van der Waals surface area contributed by atoms with E-state index < -0.39 is 0 Å². The molecule has 2 aliphatic rings. The molecule has 1 spiro atoms. The van der Waals surface area contributed by atoms with Crippen LogP contribution in [-0.2, 0) is 5.41 Å². The molecule has 0 saturated heterocycles. The van der Waals surface area contributed by atoms with E-state index in [-0.39, 0.29) is 5.82 Å². The van der Waals surface area contributed by atoms with Gasteiger partial charge in [0.05, 0.1) is 0 Å². The summed E-state index contributed by atoms with van der Waals surface area (Å²) >= 11 is 0. The van der Waals surface area contributed by atoms with Crippen molar-refractivity contribution in [1.82, 2.24) is 0 Å². The van der Waals surface area contributed by atoms with E-state index in [9.17, 15) is 4.39 Å². The molecule has 3 rings (SSSR count). The molecule has 16 heavy (non-hydrogen) atoms. The molecule has 1 unspecified atom stereocenters. The number of hydrogen-bond donors (Lipinski definition) is 1. The average molecular weight is 219 g/mol. The lowest BCUT2D eigenvalue weighted by Gasteiger charge is -2.24. The fourth-order valence-electron chi connectivity index (χ4n) is 3.78. The van der Waals surface area contributed by atoms with Gasteiger partial charge in [-0.25, -0.2) is 4.39 Å². The van der Waals surface area contributed by atoms with Gasteiger partial charge >= 0.3 is 0 Å². The van der Waals surface area contributed by atoms with Crippen LogP contribution in [0.3, 0.4) is 0 Å². The van der Waals surface area contributed by atoms with Crippen LogP contribution in [0.5, 0.6) is 0 Å². The second-order valence-corrected chi connectivity index (χ2v) is 5.36. The molecule has 1 aromatic carbocycles. The first-order chi connectivity index (χ1) is 7.75. The highest BCUT2D eigenvalue weighted by Crippen LogP contribution is 2.54. The minimum Gasteiger partial charge on any atom is -0.330 e. The SMILES string of the molecule is NCC1CC2(CCCC2)c2ccc(F)cc21. The van der Waals surface area contributed by atoms with Crippen molar-refractivity contribution in [3.8, 4) is 0 Å². The molecule has 0 heterocycles. The monoisotopic (exact) mass is 219 g/mol. The van der Waals surface area contributed by atoms with Crippen molar-refractivity contribution in [2.75, 3.05) is 6.54 Å². The highest BCUT2D eigenvalue weighted by atomic mass is 19.1. The number of hydrogen-bond acceptors (Lipinski definition) is 1. The number of benzene rings is 1. The number of halogens is 1. The Kier molecular flexibility index (Phi) is 2.28. The van der Waals surface area contributed by atoms with E-state index in [1.165, 1.54) is 36.8 Å². The molecule has 1 saturated carbocycles. The summed E-state index contributed by atoms with van der Waals surface area (Å²) in [5.41, 5.74) is 8.74. The maximum absolute atomic E-state index is 13.3. The predicted molar refractivity (Wildman–Crippen MR) is 63.0 cm³/mol. The lowest BCUT2D eigenvalue weighted by Crippen LogP contribution is -2.19. The number of nitrogens with two attached hydrogens (primary N) is 1. The van der Waals surface area contributed by atoms with Crippen molar-refractivity contribution in [3.05, 3.63) is 35.1 Å². The minimum atomic E-state index is -0.118. The van der Waals surface area contributed by atoms with Gasteiger partial charge in [0, 0.05) is 0 Å². The van der Waals surface area contributed by atoms with Crippen LogP contribution in [0.15, 0.2) is 18.2 Å². The highest BCUT2D eigenvalue weighted by molar-refractivity contribution is 5.43. The largest absolute Gasteiger partial charge is 0.330 e. The zero-order valence-corrected chi connectivity index (χ0v) is 9.51. The van der Waals surface area contributed by atoms with Crippen molar-refractivity contribution in [2.24, 2.45) is 5.73 Å². The lowest BCUT2D eigenvalue weighted by molar-refractivity contribution is 0.410. The van der Waals surface area contributed by atoms with E-state index in [1.807, 2.05) is 6.07 Å². The van der Waals surface area contributed by atoms with Gasteiger partial charge in [-0.2, -0.15) is 0 Å². The summed E-state index contributed by atoms with van der Waals surface area (Å²) < 4.78 is 13.3. The van der Waals surface area contributed by atoms with Gasteiger partial charge in [0.15, 0.2) is 0 Å². The van der Waals surface area contributed by atoms with Crippen LogP contribution in [0.4, 0.5) is 4.39 Å². The molecule has 2 aliphatic carbocycles. The van der Waals surface area contributed by atoms with Crippen LogP contribution in [-0.4, -0.2) is 6.54 Å². The summed E-state index contributed by atoms with van der Waals surface area (Å²) in [6.45, 7) is 0.651. The maximum Gasteiger partial charge on any atom is 0.123 e. The van der Waals surface area contributed by atoms with Crippen LogP contribution >= 0.6 is 0 Å². The minimum absolute atomic E-state index is 0.118. The maximum atomic E-state index is 13.3. The van der Waals surface area contributed by atoms with E-state index in [0.29, 0.717) is 17.9 Å². The first kappa shape index (κ1) is 10.3. The standard InChI is InChI=1S/C14H18FN/c15-11-3-4-13-12(7-11)10(9-16)8-14(13)5-1-2-6-14/h3-4,7,10H,1-2,5-6,8-9,16H2. The van der Waals surface area contributed by atoms with Crippen LogP contribution in [0.25, 0.3) is 0 Å². The van der Waals surface area contributed by atoms with Crippen LogP contribution in [0.1, 0.15) is 49.1 Å². The number of rotatable bonds is 1. The smallest absolute Gasteiger partial charge is 0.123 e. The molecule has 2 N–H and O–H groups in total. The molecule has 1 fully saturated rings. The summed E-state index contributed by atoms with van der Waals surface area (Å²) in [5.74, 6) is 0.260. The normalized spacial score (nSPS) is 26.2. The summed E-state index contributed by atoms with van der Waals surface area (Å²) in [6, 6.07) is 5.32. The zero-order valence-electron chi connectivity index (χ0n) is 9.51. The molecular formula is C14H18FN. The van der Waals surface area contributed by atoms with Crippen molar-refractivity contribution >= 4 is 0 Å². The topological polar surface area (TPSA) is 26.0 Å². The molecular weight excluding hydrogens is 201 g/mol. The van der Waals surface area contributed by atoms with Crippen molar-refractivity contribution in [1.29, 1.82) is 0 Å². The van der Waals surface area contributed by atoms with Gasteiger partial charge in [-0.15, -0.1) is 0 Å². The molecule has 0 radical (unpaired) electrons. The fourth-order valence-corrected chi connectivity index (χ4v) is 3.78. The average Bonchev–Trinajstić information content (AvgIpc) is 2.86. The van der Waals surface area contributed by atoms with E-state index in [0.717, 1.165) is 6.42 Å². The Bertz CT molecular complexity index is 407. The van der Waals surface area contributed by atoms with Gasteiger partial charge in [0.2, 0.25) is 0 Å². The second-order valence-electron chi connectivity index (χ2n) is 5.36. The van der Waals surface area contributed by atoms with Gasteiger partial charge in [-0.05, 0) is 60.4 Å². The van der Waals surface area contributed by atoms with Gasteiger partial charge in [0.1, 0.15) is 5.82 Å². The first-order valence-corrected chi connectivity index (χ1v) is 6.25. The number of fused-ring (bicyclic) bond motifs is 2. The quantitative estimate of drug-likeness (QED) is 0.771. The van der Waals surface area contributed by atoms with Gasteiger partial charge in [-0.1, -0.05) is 18.9 Å². The summed E-state index contributed by atoms with van der Waals surface area (Å²) in [5, 5.41) is 0. The van der Waals surface area contributed by atoms with E-state index in [2.05, 4.69) is 0 Å². The summed E-state index contributed by atoms with van der Waals surface area (Å²) in [6.07, 6.45) is 6.30. The third-order valence-corrected chi connectivity index (χ3v) is 4.51. The van der Waals surface area contributed by atoms with Crippen molar-refractivity contribution in [2.45, 2.75) is 43.4 Å². The molecule has 1 nitrogen and oxygen atoms in total. The Balaban J connectivity index is 2.10. The second kappa shape index (κ2) is 3.56. The van der Waals surface area contributed by atoms with Gasteiger partial charge in [0.25, 0.3) is 0 Å². The molecule has 0 aromatic heterocycles. The Morgan fingerprint density at radius 1 is 1.31 bits per heavy atom. The summed E-state index contributed by atoms with van der Waals surface area (Å²) in [4.78, 5) is 0. The molecule has 0 aliphatic heterocycles. The van der Waals surface area contributed by atoms with Gasteiger partial charge in [-0.3, -0.25) is 0 Å². The summed E-state index contributed by atoms with van der Waals surface area (Å²) in [7, 11) is 0. The molecule has 0 amide bonds. The first-order valence-electron chi connectivity index (χ1n) is 6.25. The Hall–Kier alpha value is -0.890.